The fraction of sp³-hybridized carbons (Fsp3) is 0.227. The molecule has 1 amide bonds. The van der Waals surface area contributed by atoms with Crippen molar-refractivity contribution in [3.05, 3.63) is 81.3 Å². The summed E-state index contributed by atoms with van der Waals surface area (Å²) in [5, 5.41) is 10.4. The number of carbonyl (C=O) groups excluding carboxylic acids is 1. The van der Waals surface area contributed by atoms with Gasteiger partial charge in [0.05, 0.1) is 29.7 Å². The molecule has 0 radical (unpaired) electrons. The number of rotatable bonds is 5. The van der Waals surface area contributed by atoms with Crippen molar-refractivity contribution in [3.63, 3.8) is 0 Å². The standard InChI is InChI=1S/C22H22N4OS/c1-14-6-8-17(9-7-14)16(3)25-22(27)19-11-15(2)24-21-20(19)12-23-26(21)13-18-5-4-10-28-18/h4-12,16H,13H2,1-3H3,(H,25,27). The molecule has 0 fully saturated rings. The van der Waals surface area contributed by atoms with Crippen molar-refractivity contribution in [3.8, 4) is 0 Å². The molecule has 0 aliphatic heterocycles. The van der Waals surface area contributed by atoms with E-state index in [1.807, 2.05) is 48.2 Å². The molecule has 3 heterocycles. The minimum Gasteiger partial charge on any atom is -0.345 e. The first-order valence-corrected chi connectivity index (χ1v) is 10.1. The van der Waals surface area contributed by atoms with Gasteiger partial charge in [-0.15, -0.1) is 11.3 Å². The van der Waals surface area contributed by atoms with Crippen LogP contribution in [0.3, 0.4) is 0 Å². The van der Waals surface area contributed by atoms with E-state index in [-0.39, 0.29) is 11.9 Å². The molecule has 0 bridgehead atoms. The molecule has 28 heavy (non-hydrogen) atoms. The Labute approximate surface area is 168 Å². The van der Waals surface area contributed by atoms with E-state index in [4.69, 9.17) is 0 Å². The van der Waals surface area contributed by atoms with E-state index in [9.17, 15) is 4.79 Å². The zero-order valence-corrected chi connectivity index (χ0v) is 17.0. The van der Waals surface area contributed by atoms with Crippen molar-refractivity contribution in [2.45, 2.75) is 33.4 Å². The van der Waals surface area contributed by atoms with Gasteiger partial charge < -0.3 is 5.32 Å². The summed E-state index contributed by atoms with van der Waals surface area (Å²) in [7, 11) is 0. The first kappa shape index (κ1) is 18.4. The number of carbonyl (C=O) groups is 1. The third-order valence-electron chi connectivity index (χ3n) is 4.79. The fourth-order valence-electron chi connectivity index (χ4n) is 3.24. The molecule has 0 saturated heterocycles. The first-order chi connectivity index (χ1) is 13.5. The Morgan fingerprint density at radius 1 is 1.21 bits per heavy atom. The zero-order valence-electron chi connectivity index (χ0n) is 16.1. The molecular weight excluding hydrogens is 368 g/mol. The molecule has 142 valence electrons. The molecule has 4 aromatic rings. The Morgan fingerprint density at radius 3 is 2.71 bits per heavy atom. The molecule has 0 aliphatic rings. The molecule has 0 aliphatic carbocycles. The molecule has 0 spiro atoms. The molecule has 1 N–H and O–H groups in total. The highest BCUT2D eigenvalue weighted by Gasteiger charge is 2.18. The number of nitrogens with one attached hydrogen (secondary N) is 1. The van der Waals surface area contributed by atoms with Crippen LogP contribution in [0.2, 0.25) is 0 Å². The summed E-state index contributed by atoms with van der Waals surface area (Å²) in [6.45, 7) is 6.60. The van der Waals surface area contributed by atoms with E-state index in [1.165, 1.54) is 10.4 Å². The van der Waals surface area contributed by atoms with Crippen molar-refractivity contribution < 1.29 is 4.79 Å². The highest BCUT2D eigenvalue weighted by Crippen LogP contribution is 2.22. The monoisotopic (exact) mass is 390 g/mol. The maximum Gasteiger partial charge on any atom is 0.252 e. The first-order valence-electron chi connectivity index (χ1n) is 9.24. The summed E-state index contributed by atoms with van der Waals surface area (Å²) in [5.41, 5.74) is 4.43. The molecule has 3 aromatic heterocycles. The maximum atomic E-state index is 13.0. The van der Waals surface area contributed by atoms with Gasteiger partial charge in [-0.25, -0.2) is 9.67 Å². The van der Waals surface area contributed by atoms with Crippen LogP contribution in [-0.2, 0) is 6.54 Å². The van der Waals surface area contributed by atoms with E-state index < -0.39 is 0 Å². The Hall–Kier alpha value is -2.99. The van der Waals surface area contributed by atoms with Gasteiger partial charge in [0.25, 0.3) is 5.91 Å². The van der Waals surface area contributed by atoms with E-state index in [1.54, 1.807) is 17.5 Å². The number of amides is 1. The Morgan fingerprint density at radius 2 is 2.00 bits per heavy atom. The van der Waals surface area contributed by atoms with Crippen molar-refractivity contribution in [1.82, 2.24) is 20.1 Å². The van der Waals surface area contributed by atoms with Crippen LogP contribution in [0.5, 0.6) is 0 Å². The van der Waals surface area contributed by atoms with Crippen LogP contribution in [0, 0.1) is 13.8 Å². The summed E-state index contributed by atoms with van der Waals surface area (Å²) in [6, 6.07) is 14.1. The number of aromatic nitrogens is 3. The largest absolute Gasteiger partial charge is 0.345 e. The van der Waals surface area contributed by atoms with Crippen LogP contribution >= 0.6 is 11.3 Å². The highest BCUT2D eigenvalue weighted by atomic mass is 32.1. The van der Waals surface area contributed by atoms with Gasteiger partial charge in [0, 0.05) is 10.6 Å². The number of pyridine rings is 1. The summed E-state index contributed by atoms with van der Waals surface area (Å²) in [4.78, 5) is 18.8. The van der Waals surface area contributed by atoms with Gasteiger partial charge in [0.2, 0.25) is 0 Å². The second-order valence-corrected chi connectivity index (χ2v) is 8.07. The molecular formula is C22H22N4OS. The molecule has 1 unspecified atom stereocenters. The fourth-order valence-corrected chi connectivity index (χ4v) is 3.93. The predicted molar refractivity (Wildman–Crippen MR) is 113 cm³/mol. The van der Waals surface area contributed by atoms with Gasteiger partial charge in [-0.3, -0.25) is 4.79 Å². The predicted octanol–water partition coefficient (Wildman–Crippen LogP) is 4.65. The SMILES string of the molecule is Cc1ccc(C(C)NC(=O)c2cc(C)nc3c2cnn3Cc2cccs2)cc1. The summed E-state index contributed by atoms with van der Waals surface area (Å²) in [5.74, 6) is -0.112. The molecule has 1 atom stereocenters. The van der Waals surface area contributed by atoms with E-state index >= 15 is 0 Å². The third kappa shape index (κ3) is 3.68. The van der Waals surface area contributed by atoms with Crippen molar-refractivity contribution >= 4 is 28.3 Å². The Kier molecular flexibility index (Phi) is 4.96. The number of fused-ring (bicyclic) bond motifs is 1. The smallest absolute Gasteiger partial charge is 0.252 e. The van der Waals surface area contributed by atoms with Gasteiger partial charge in [-0.2, -0.15) is 5.10 Å². The van der Waals surface area contributed by atoms with Crippen LogP contribution < -0.4 is 5.32 Å². The van der Waals surface area contributed by atoms with Gasteiger partial charge in [-0.1, -0.05) is 35.9 Å². The number of thiophene rings is 1. The van der Waals surface area contributed by atoms with Crippen molar-refractivity contribution in [1.29, 1.82) is 0 Å². The Balaban J connectivity index is 1.63. The van der Waals surface area contributed by atoms with E-state index in [0.29, 0.717) is 12.1 Å². The minimum atomic E-state index is -0.112. The maximum absolute atomic E-state index is 13.0. The summed E-state index contributed by atoms with van der Waals surface area (Å²) >= 11 is 1.68. The van der Waals surface area contributed by atoms with E-state index in [2.05, 4.69) is 40.5 Å². The summed E-state index contributed by atoms with van der Waals surface area (Å²) in [6.07, 6.45) is 1.74. The lowest BCUT2D eigenvalue weighted by molar-refractivity contribution is 0.0941. The average molecular weight is 391 g/mol. The lowest BCUT2D eigenvalue weighted by Crippen LogP contribution is -2.27. The second kappa shape index (κ2) is 7.56. The second-order valence-electron chi connectivity index (χ2n) is 7.04. The number of hydrogen-bond donors (Lipinski definition) is 1. The molecule has 5 nitrogen and oxygen atoms in total. The molecule has 4 rings (SSSR count). The average Bonchev–Trinajstić information content (AvgIpc) is 3.32. The number of nitrogens with zero attached hydrogens (tertiary/aromatic N) is 3. The highest BCUT2D eigenvalue weighted by molar-refractivity contribution is 7.09. The van der Waals surface area contributed by atoms with Gasteiger partial charge in [0.1, 0.15) is 0 Å². The third-order valence-corrected chi connectivity index (χ3v) is 5.65. The van der Waals surface area contributed by atoms with Crippen LogP contribution in [0.4, 0.5) is 0 Å². The quantitative estimate of drug-likeness (QED) is 0.540. The normalized spacial score (nSPS) is 12.2. The van der Waals surface area contributed by atoms with E-state index in [0.717, 1.165) is 22.3 Å². The van der Waals surface area contributed by atoms with Crippen LogP contribution in [0.1, 0.15) is 45.0 Å². The zero-order chi connectivity index (χ0) is 19.7. The number of aryl methyl sites for hydroxylation is 2. The lowest BCUT2D eigenvalue weighted by Gasteiger charge is -2.15. The van der Waals surface area contributed by atoms with Crippen LogP contribution in [0.15, 0.2) is 54.0 Å². The Bertz CT molecular complexity index is 1110. The van der Waals surface area contributed by atoms with Gasteiger partial charge >= 0.3 is 0 Å². The molecule has 0 saturated carbocycles. The van der Waals surface area contributed by atoms with Gasteiger partial charge in [0.15, 0.2) is 5.65 Å². The molecule has 6 heteroatoms. The number of benzene rings is 1. The minimum absolute atomic E-state index is 0.0854. The van der Waals surface area contributed by atoms with Gasteiger partial charge in [-0.05, 0) is 43.8 Å². The van der Waals surface area contributed by atoms with Crippen LogP contribution in [-0.4, -0.2) is 20.7 Å². The molecule has 1 aromatic carbocycles. The topological polar surface area (TPSA) is 59.8 Å². The van der Waals surface area contributed by atoms with Crippen LogP contribution in [0.25, 0.3) is 11.0 Å². The lowest BCUT2D eigenvalue weighted by atomic mass is 10.1. The summed E-state index contributed by atoms with van der Waals surface area (Å²) < 4.78 is 1.86. The van der Waals surface area contributed by atoms with Crippen molar-refractivity contribution in [2.24, 2.45) is 0 Å². The van der Waals surface area contributed by atoms with Crippen molar-refractivity contribution in [2.75, 3.05) is 0 Å². The number of hydrogen-bond acceptors (Lipinski definition) is 4.